The van der Waals surface area contributed by atoms with E-state index in [1.807, 2.05) is 0 Å². The molecular formula is C14H10F3N3O4S. The molecule has 0 spiro atoms. The first-order valence-corrected chi connectivity index (χ1v) is 7.60. The molecule has 1 aromatic carbocycles. The number of rotatable bonds is 6. The van der Waals surface area contributed by atoms with E-state index < -0.39 is 22.9 Å². The predicted octanol–water partition coefficient (Wildman–Crippen LogP) is 3.62. The van der Waals surface area contributed by atoms with E-state index in [0.717, 1.165) is 30.1 Å². The molecule has 1 heterocycles. The summed E-state index contributed by atoms with van der Waals surface area (Å²) in [4.78, 5) is 25.6. The number of thioether (sulfide) groups is 1. The highest BCUT2D eigenvalue weighted by Crippen LogP contribution is 2.24. The van der Waals surface area contributed by atoms with Crippen LogP contribution >= 0.6 is 11.8 Å². The van der Waals surface area contributed by atoms with Crippen molar-refractivity contribution in [1.29, 1.82) is 0 Å². The molecule has 0 bridgehead atoms. The zero-order valence-electron chi connectivity index (χ0n) is 12.3. The van der Waals surface area contributed by atoms with Gasteiger partial charge in [-0.1, -0.05) is 11.8 Å². The molecule has 2 rings (SSSR count). The summed E-state index contributed by atoms with van der Waals surface area (Å²) >= 11 is 1.06. The Kier molecular flexibility index (Phi) is 5.80. The van der Waals surface area contributed by atoms with Crippen LogP contribution in [0, 0.1) is 10.1 Å². The van der Waals surface area contributed by atoms with E-state index in [0.29, 0.717) is 10.7 Å². The Morgan fingerprint density at radius 1 is 1.24 bits per heavy atom. The van der Waals surface area contributed by atoms with Crippen LogP contribution in [0.1, 0.15) is 0 Å². The average Bonchev–Trinajstić information content (AvgIpc) is 2.54. The van der Waals surface area contributed by atoms with Crippen LogP contribution in [0.4, 0.5) is 24.5 Å². The fraction of sp³-hybridized carbons (Fsp3) is 0.143. The van der Waals surface area contributed by atoms with Crippen LogP contribution in [0.5, 0.6) is 5.75 Å². The summed E-state index contributed by atoms with van der Waals surface area (Å²) in [5, 5.41) is 13.4. The minimum atomic E-state index is -4.78. The first-order valence-electron chi connectivity index (χ1n) is 6.62. The highest BCUT2D eigenvalue weighted by Gasteiger charge is 2.30. The van der Waals surface area contributed by atoms with Crippen LogP contribution < -0.4 is 10.1 Å². The molecule has 0 aliphatic carbocycles. The molecule has 0 atom stereocenters. The Hall–Kier alpha value is -2.82. The first kappa shape index (κ1) is 18.5. The van der Waals surface area contributed by atoms with Gasteiger partial charge in [0.15, 0.2) is 0 Å². The number of ether oxygens (including phenoxy) is 1. The largest absolute Gasteiger partial charge is 0.573 e. The van der Waals surface area contributed by atoms with Crippen LogP contribution in [0.2, 0.25) is 0 Å². The average molecular weight is 373 g/mol. The van der Waals surface area contributed by atoms with Gasteiger partial charge in [0, 0.05) is 11.8 Å². The fourth-order valence-electron chi connectivity index (χ4n) is 1.64. The second-order valence-electron chi connectivity index (χ2n) is 4.52. The number of pyridine rings is 1. The van der Waals surface area contributed by atoms with Gasteiger partial charge in [0.2, 0.25) is 5.91 Å². The molecular weight excluding hydrogens is 363 g/mol. The summed E-state index contributed by atoms with van der Waals surface area (Å²) < 4.78 is 39.9. The van der Waals surface area contributed by atoms with Gasteiger partial charge in [-0.25, -0.2) is 4.98 Å². The number of nitro groups is 1. The third kappa shape index (κ3) is 6.30. The Balaban J connectivity index is 1.84. The Labute approximate surface area is 143 Å². The molecule has 0 saturated carbocycles. The summed E-state index contributed by atoms with van der Waals surface area (Å²) in [6.45, 7) is 0. The second-order valence-corrected chi connectivity index (χ2v) is 5.52. The van der Waals surface area contributed by atoms with E-state index in [1.165, 1.54) is 24.3 Å². The van der Waals surface area contributed by atoms with Gasteiger partial charge in [0.25, 0.3) is 5.69 Å². The van der Waals surface area contributed by atoms with Crippen molar-refractivity contribution in [2.45, 2.75) is 11.4 Å². The second kappa shape index (κ2) is 7.83. The van der Waals surface area contributed by atoms with Gasteiger partial charge in [0.05, 0.1) is 15.7 Å². The monoisotopic (exact) mass is 373 g/mol. The number of carbonyl (C=O) groups is 1. The Morgan fingerprint density at radius 2 is 1.92 bits per heavy atom. The maximum atomic E-state index is 12.0. The van der Waals surface area contributed by atoms with Crippen molar-refractivity contribution in [2.75, 3.05) is 11.1 Å². The van der Waals surface area contributed by atoms with Crippen molar-refractivity contribution >= 4 is 29.0 Å². The van der Waals surface area contributed by atoms with Crippen LogP contribution in [-0.2, 0) is 4.79 Å². The molecule has 1 N–H and O–H groups in total. The van der Waals surface area contributed by atoms with E-state index in [4.69, 9.17) is 0 Å². The van der Waals surface area contributed by atoms with Gasteiger partial charge in [0.1, 0.15) is 11.9 Å². The number of aromatic nitrogens is 1. The van der Waals surface area contributed by atoms with Gasteiger partial charge in [-0.3, -0.25) is 14.9 Å². The number of hydrogen-bond donors (Lipinski definition) is 1. The predicted molar refractivity (Wildman–Crippen MR) is 83.4 cm³/mol. The Morgan fingerprint density at radius 3 is 2.44 bits per heavy atom. The van der Waals surface area contributed by atoms with Crippen molar-refractivity contribution in [3.05, 3.63) is 52.7 Å². The minimum absolute atomic E-state index is 0.0222. The molecule has 0 fully saturated rings. The first-order chi connectivity index (χ1) is 11.7. The number of carbonyl (C=O) groups excluding carboxylic acids is 1. The lowest BCUT2D eigenvalue weighted by atomic mass is 10.3. The molecule has 1 amide bonds. The van der Waals surface area contributed by atoms with Gasteiger partial charge < -0.3 is 10.1 Å². The molecule has 0 unspecified atom stereocenters. The zero-order chi connectivity index (χ0) is 18.4. The topological polar surface area (TPSA) is 94.4 Å². The van der Waals surface area contributed by atoms with Gasteiger partial charge >= 0.3 is 6.36 Å². The van der Waals surface area contributed by atoms with E-state index >= 15 is 0 Å². The normalized spacial score (nSPS) is 11.0. The van der Waals surface area contributed by atoms with E-state index in [-0.39, 0.29) is 11.4 Å². The molecule has 2 aromatic rings. The van der Waals surface area contributed by atoms with Crippen molar-refractivity contribution in [1.82, 2.24) is 4.98 Å². The SMILES string of the molecule is O=C(CSc1ccc([N+](=O)[O-])cn1)Nc1ccc(OC(F)(F)F)cc1. The molecule has 0 aliphatic rings. The molecule has 0 radical (unpaired) electrons. The third-order valence-electron chi connectivity index (χ3n) is 2.65. The lowest BCUT2D eigenvalue weighted by Gasteiger charge is -2.09. The van der Waals surface area contributed by atoms with E-state index in [2.05, 4.69) is 15.0 Å². The summed E-state index contributed by atoms with van der Waals surface area (Å²) in [6, 6.07) is 7.38. The van der Waals surface area contributed by atoms with Gasteiger partial charge in [-0.15, -0.1) is 13.2 Å². The lowest BCUT2D eigenvalue weighted by molar-refractivity contribution is -0.385. The molecule has 7 nitrogen and oxygen atoms in total. The van der Waals surface area contributed by atoms with E-state index in [9.17, 15) is 28.1 Å². The molecule has 0 saturated heterocycles. The minimum Gasteiger partial charge on any atom is -0.406 e. The highest BCUT2D eigenvalue weighted by atomic mass is 32.2. The number of nitrogens with one attached hydrogen (secondary N) is 1. The molecule has 11 heteroatoms. The quantitative estimate of drug-likeness (QED) is 0.472. The third-order valence-corrected chi connectivity index (χ3v) is 3.60. The number of amides is 1. The Bertz CT molecular complexity index is 751. The van der Waals surface area contributed by atoms with Crippen molar-refractivity contribution in [2.24, 2.45) is 0 Å². The summed E-state index contributed by atoms with van der Waals surface area (Å²) in [5.41, 5.74) is 0.145. The number of halogens is 3. The number of alkyl halides is 3. The van der Waals surface area contributed by atoms with Crippen molar-refractivity contribution < 1.29 is 27.6 Å². The summed E-state index contributed by atoms with van der Waals surface area (Å²) in [5.74, 6) is -0.824. The highest BCUT2D eigenvalue weighted by molar-refractivity contribution is 7.99. The fourth-order valence-corrected chi connectivity index (χ4v) is 2.29. The van der Waals surface area contributed by atoms with Crippen LogP contribution in [0.15, 0.2) is 47.6 Å². The van der Waals surface area contributed by atoms with Crippen LogP contribution in [0.25, 0.3) is 0 Å². The van der Waals surface area contributed by atoms with Crippen molar-refractivity contribution in [3.63, 3.8) is 0 Å². The molecule has 0 aliphatic heterocycles. The lowest BCUT2D eigenvalue weighted by Crippen LogP contribution is -2.17. The maximum absolute atomic E-state index is 12.0. The molecule has 25 heavy (non-hydrogen) atoms. The number of nitrogens with zero attached hydrogens (tertiary/aromatic N) is 2. The standard InChI is InChI=1S/C14H10F3N3O4S/c15-14(16,17)24-11-4-1-9(2-5-11)19-12(21)8-25-13-6-3-10(7-18-13)20(22)23/h1-7H,8H2,(H,19,21). The van der Waals surface area contributed by atoms with Crippen LogP contribution in [-0.4, -0.2) is 27.9 Å². The molecule has 1 aromatic heterocycles. The maximum Gasteiger partial charge on any atom is 0.573 e. The van der Waals surface area contributed by atoms with Gasteiger partial charge in [-0.2, -0.15) is 0 Å². The number of anilines is 1. The van der Waals surface area contributed by atoms with Gasteiger partial charge in [-0.05, 0) is 30.3 Å². The number of benzene rings is 1. The van der Waals surface area contributed by atoms with Crippen LogP contribution in [0.3, 0.4) is 0 Å². The summed E-state index contributed by atoms with van der Waals surface area (Å²) in [6.07, 6.45) is -3.70. The van der Waals surface area contributed by atoms with Crippen molar-refractivity contribution in [3.8, 4) is 5.75 Å². The van der Waals surface area contributed by atoms with E-state index in [1.54, 1.807) is 0 Å². The smallest absolute Gasteiger partial charge is 0.406 e. The summed E-state index contributed by atoms with van der Waals surface area (Å²) in [7, 11) is 0. The zero-order valence-corrected chi connectivity index (χ0v) is 13.1. The molecule has 132 valence electrons. The number of hydrogen-bond acceptors (Lipinski definition) is 6.